The fourth-order valence-corrected chi connectivity index (χ4v) is 2.33. The van der Waals surface area contributed by atoms with Gasteiger partial charge in [0.1, 0.15) is 5.75 Å². The number of hydrogen-bond acceptors (Lipinski definition) is 2. The fourth-order valence-electron chi connectivity index (χ4n) is 2.17. The second-order valence-corrected chi connectivity index (χ2v) is 5.82. The minimum atomic E-state index is -0.530. The van der Waals surface area contributed by atoms with Gasteiger partial charge in [0, 0.05) is 12.6 Å². The average Bonchev–Trinajstić information content (AvgIpc) is 3.28. The molecule has 1 fully saturated rings. The van der Waals surface area contributed by atoms with Gasteiger partial charge in [-0.15, -0.1) is 0 Å². The number of halogens is 2. The molecule has 0 saturated heterocycles. The molecule has 0 spiro atoms. The number of benzene rings is 2. The molecule has 0 atom stereocenters. The first kappa shape index (κ1) is 14.4. The fraction of sp³-hybridized carbons (Fsp3) is 0.294. The number of aryl methyl sites for hydroxylation is 1. The van der Waals surface area contributed by atoms with Crippen LogP contribution in [0.5, 0.6) is 11.5 Å². The third kappa shape index (κ3) is 3.55. The maximum atomic E-state index is 13.8. The van der Waals surface area contributed by atoms with Gasteiger partial charge >= 0.3 is 0 Å². The molecule has 0 aromatic heterocycles. The number of hydrogen-bond donors (Lipinski definition) is 1. The molecule has 0 amide bonds. The highest BCUT2D eigenvalue weighted by molar-refractivity contribution is 6.30. The van der Waals surface area contributed by atoms with Gasteiger partial charge in [-0.25, -0.2) is 4.39 Å². The third-order valence-electron chi connectivity index (χ3n) is 3.55. The molecule has 1 aliphatic carbocycles. The van der Waals surface area contributed by atoms with Crippen LogP contribution in [0.4, 0.5) is 4.39 Å². The smallest absolute Gasteiger partial charge is 0.184 e. The number of ether oxygens (including phenoxy) is 1. The highest BCUT2D eigenvalue weighted by Crippen LogP contribution is 2.31. The maximum Gasteiger partial charge on any atom is 0.184 e. The van der Waals surface area contributed by atoms with Crippen LogP contribution >= 0.6 is 11.6 Å². The van der Waals surface area contributed by atoms with E-state index in [0.29, 0.717) is 11.8 Å². The Morgan fingerprint density at radius 3 is 2.76 bits per heavy atom. The van der Waals surface area contributed by atoms with E-state index in [1.807, 2.05) is 19.1 Å². The molecule has 0 unspecified atom stereocenters. The zero-order valence-corrected chi connectivity index (χ0v) is 12.6. The van der Waals surface area contributed by atoms with Crippen molar-refractivity contribution in [2.75, 3.05) is 0 Å². The summed E-state index contributed by atoms with van der Waals surface area (Å²) in [6, 6.07) is 11.4. The largest absolute Gasteiger partial charge is 0.454 e. The van der Waals surface area contributed by atoms with Gasteiger partial charge in [0.15, 0.2) is 11.6 Å². The molecule has 2 aromatic carbocycles. The van der Waals surface area contributed by atoms with Gasteiger partial charge in [-0.3, -0.25) is 0 Å². The second-order valence-electron chi connectivity index (χ2n) is 5.41. The van der Waals surface area contributed by atoms with Crippen LogP contribution in [-0.2, 0) is 6.54 Å². The van der Waals surface area contributed by atoms with Crippen molar-refractivity contribution in [3.8, 4) is 11.5 Å². The number of nitrogens with one attached hydrogen (secondary N) is 1. The molecule has 4 heteroatoms. The van der Waals surface area contributed by atoms with E-state index in [2.05, 4.69) is 11.4 Å². The summed E-state index contributed by atoms with van der Waals surface area (Å²) in [4.78, 5) is 0. The lowest BCUT2D eigenvalue weighted by atomic mass is 10.1. The standard InChI is InChI=1S/C17H17ClFNO/c1-11-9-12(10-20-13-6-7-13)5-8-15(11)21-16-4-2-3-14(18)17(16)19/h2-5,8-9,13,20H,6-7,10H2,1H3. The molecular weight excluding hydrogens is 289 g/mol. The van der Waals surface area contributed by atoms with E-state index in [9.17, 15) is 4.39 Å². The first-order valence-corrected chi connectivity index (χ1v) is 7.46. The van der Waals surface area contributed by atoms with Gasteiger partial charge < -0.3 is 10.1 Å². The predicted molar refractivity (Wildman–Crippen MR) is 82.5 cm³/mol. The summed E-state index contributed by atoms with van der Waals surface area (Å²) in [7, 11) is 0. The SMILES string of the molecule is Cc1cc(CNC2CC2)ccc1Oc1cccc(Cl)c1F. The molecular formula is C17H17ClFNO. The van der Waals surface area contributed by atoms with Gasteiger partial charge in [-0.05, 0) is 49.1 Å². The van der Waals surface area contributed by atoms with E-state index in [-0.39, 0.29) is 10.8 Å². The molecule has 1 N–H and O–H groups in total. The van der Waals surface area contributed by atoms with E-state index in [1.165, 1.54) is 24.5 Å². The van der Waals surface area contributed by atoms with Crippen molar-refractivity contribution in [2.45, 2.75) is 32.4 Å². The summed E-state index contributed by atoms with van der Waals surface area (Å²) in [6.45, 7) is 2.82. The monoisotopic (exact) mass is 305 g/mol. The van der Waals surface area contributed by atoms with Crippen LogP contribution in [0.3, 0.4) is 0 Å². The van der Waals surface area contributed by atoms with Crippen molar-refractivity contribution < 1.29 is 9.13 Å². The Hall–Kier alpha value is -1.58. The Bertz CT molecular complexity index is 655. The Kier molecular flexibility index (Phi) is 4.13. The zero-order chi connectivity index (χ0) is 14.8. The maximum absolute atomic E-state index is 13.8. The third-order valence-corrected chi connectivity index (χ3v) is 3.84. The lowest BCUT2D eigenvalue weighted by Gasteiger charge is -2.12. The molecule has 2 nitrogen and oxygen atoms in total. The van der Waals surface area contributed by atoms with Crippen LogP contribution in [0.25, 0.3) is 0 Å². The Labute approximate surface area is 128 Å². The summed E-state index contributed by atoms with van der Waals surface area (Å²) >= 11 is 5.76. The lowest BCUT2D eigenvalue weighted by Crippen LogP contribution is -2.15. The van der Waals surface area contributed by atoms with Crippen molar-refractivity contribution in [1.29, 1.82) is 0 Å². The van der Waals surface area contributed by atoms with Crippen LogP contribution in [-0.4, -0.2) is 6.04 Å². The first-order chi connectivity index (χ1) is 10.1. The van der Waals surface area contributed by atoms with Crippen molar-refractivity contribution in [3.63, 3.8) is 0 Å². The van der Waals surface area contributed by atoms with E-state index in [1.54, 1.807) is 12.1 Å². The first-order valence-electron chi connectivity index (χ1n) is 7.08. The summed E-state index contributed by atoms with van der Waals surface area (Å²) in [5.41, 5.74) is 2.18. The Morgan fingerprint density at radius 2 is 2.05 bits per heavy atom. The topological polar surface area (TPSA) is 21.3 Å². The van der Waals surface area contributed by atoms with Crippen molar-refractivity contribution in [2.24, 2.45) is 0 Å². The van der Waals surface area contributed by atoms with Crippen LogP contribution in [0.1, 0.15) is 24.0 Å². The molecule has 1 aliphatic rings. The lowest BCUT2D eigenvalue weighted by molar-refractivity contribution is 0.439. The quantitative estimate of drug-likeness (QED) is 0.854. The molecule has 3 rings (SSSR count). The van der Waals surface area contributed by atoms with Gasteiger partial charge in [-0.1, -0.05) is 29.8 Å². The van der Waals surface area contributed by atoms with Gasteiger partial charge in [0.05, 0.1) is 5.02 Å². The zero-order valence-electron chi connectivity index (χ0n) is 11.8. The molecule has 110 valence electrons. The normalized spacial score (nSPS) is 14.2. The van der Waals surface area contributed by atoms with E-state index in [4.69, 9.17) is 16.3 Å². The predicted octanol–water partition coefficient (Wildman–Crippen LogP) is 4.83. The molecule has 1 saturated carbocycles. The summed E-state index contributed by atoms with van der Waals surface area (Å²) in [5, 5.41) is 3.53. The van der Waals surface area contributed by atoms with Crippen LogP contribution in [0.2, 0.25) is 5.02 Å². The van der Waals surface area contributed by atoms with Crippen LogP contribution in [0.15, 0.2) is 36.4 Å². The molecule has 0 radical (unpaired) electrons. The Morgan fingerprint density at radius 1 is 1.24 bits per heavy atom. The minimum Gasteiger partial charge on any atom is -0.454 e. The molecule has 21 heavy (non-hydrogen) atoms. The van der Waals surface area contributed by atoms with Crippen molar-refractivity contribution in [3.05, 3.63) is 58.4 Å². The van der Waals surface area contributed by atoms with E-state index < -0.39 is 5.82 Å². The molecule has 0 aliphatic heterocycles. The van der Waals surface area contributed by atoms with Crippen molar-refractivity contribution >= 4 is 11.6 Å². The minimum absolute atomic E-state index is 0.0652. The molecule has 0 bridgehead atoms. The molecule has 0 heterocycles. The Balaban J connectivity index is 1.74. The van der Waals surface area contributed by atoms with Gasteiger partial charge in [0.2, 0.25) is 0 Å². The van der Waals surface area contributed by atoms with E-state index >= 15 is 0 Å². The average molecular weight is 306 g/mol. The second kappa shape index (κ2) is 6.04. The highest BCUT2D eigenvalue weighted by Gasteiger charge is 2.20. The summed E-state index contributed by atoms with van der Waals surface area (Å²) in [6.07, 6.45) is 2.54. The summed E-state index contributed by atoms with van der Waals surface area (Å²) < 4.78 is 19.5. The van der Waals surface area contributed by atoms with Gasteiger partial charge in [0.25, 0.3) is 0 Å². The van der Waals surface area contributed by atoms with Crippen LogP contribution in [0, 0.1) is 12.7 Å². The highest BCUT2D eigenvalue weighted by atomic mass is 35.5. The van der Waals surface area contributed by atoms with Crippen molar-refractivity contribution in [1.82, 2.24) is 5.32 Å². The summed E-state index contributed by atoms with van der Waals surface area (Å²) in [5.74, 6) is 0.263. The number of rotatable bonds is 5. The molecule has 2 aromatic rings. The van der Waals surface area contributed by atoms with Gasteiger partial charge in [-0.2, -0.15) is 0 Å². The van der Waals surface area contributed by atoms with E-state index in [0.717, 1.165) is 12.1 Å². The van der Waals surface area contributed by atoms with Crippen LogP contribution < -0.4 is 10.1 Å².